The van der Waals surface area contributed by atoms with Crippen molar-refractivity contribution in [2.75, 3.05) is 0 Å². The Bertz CT molecular complexity index is 1190. The maximum absolute atomic E-state index is 12.9. The van der Waals surface area contributed by atoms with Gasteiger partial charge in [-0.05, 0) is 61.9 Å². The van der Waals surface area contributed by atoms with E-state index in [1.165, 1.54) is 12.3 Å². The molecule has 30 heavy (non-hydrogen) atoms. The lowest BCUT2D eigenvalue weighted by Gasteiger charge is -2.25. The van der Waals surface area contributed by atoms with Gasteiger partial charge in [0.2, 0.25) is 0 Å². The minimum atomic E-state index is -0.775. The number of nitrogens with zero attached hydrogens (tertiary/aromatic N) is 2. The maximum atomic E-state index is 12.9. The predicted molar refractivity (Wildman–Crippen MR) is 111 cm³/mol. The number of nitrogens with one attached hydrogen (secondary N) is 1. The van der Waals surface area contributed by atoms with Gasteiger partial charge in [0.25, 0.3) is 11.8 Å². The minimum Gasteiger partial charge on any atom is -0.467 e. The Morgan fingerprint density at radius 1 is 1.10 bits per heavy atom. The molecule has 0 bridgehead atoms. The van der Waals surface area contributed by atoms with E-state index < -0.39 is 17.8 Å². The van der Waals surface area contributed by atoms with Crippen molar-refractivity contribution >= 4 is 35.5 Å². The first kappa shape index (κ1) is 19.7. The monoisotopic (exact) mass is 423 g/mol. The van der Waals surface area contributed by atoms with E-state index in [0.717, 1.165) is 22.0 Å². The molecule has 1 aliphatic heterocycles. The fourth-order valence-corrected chi connectivity index (χ4v) is 3.68. The summed E-state index contributed by atoms with van der Waals surface area (Å²) in [6, 6.07) is 11.8. The van der Waals surface area contributed by atoms with Gasteiger partial charge in [-0.2, -0.15) is 0 Å². The Labute approximate surface area is 177 Å². The molecule has 1 saturated heterocycles. The summed E-state index contributed by atoms with van der Waals surface area (Å²) < 4.78 is 7.20. The largest absolute Gasteiger partial charge is 0.467 e. The molecule has 152 valence electrons. The van der Waals surface area contributed by atoms with Crippen LogP contribution in [0.3, 0.4) is 0 Å². The van der Waals surface area contributed by atoms with Gasteiger partial charge < -0.3 is 8.98 Å². The van der Waals surface area contributed by atoms with Crippen molar-refractivity contribution in [3.05, 3.63) is 82.0 Å². The average molecular weight is 424 g/mol. The van der Waals surface area contributed by atoms with E-state index in [1.54, 1.807) is 18.2 Å². The van der Waals surface area contributed by atoms with Crippen LogP contribution in [0.2, 0.25) is 5.02 Å². The average Bonchev–Trinajstić information content (AvgIpc) is 3.30. The zero-order valence-electron chi connectivity index (χ0n) is 16.3. The molecule has 3 aromatic rings. The molecule has 0 atom stereocenters. The van der Waals surface area contributed by atoms with E-state index in [1.807, 2.05) is 42.7 Å². The van der Waals surface area contributed by atoms with Crippen LogP contribution in [0.15, 0.2) is 58.7 Å². The highest BCUT2D eigenvalue weighted by Gasteiger charge is 2.36. The second-order valence-corrected chi connectivity index (χ2v) is 7.37. The molecule has 4 amide bonds. The van der Waals surface area contributed by atoms with Gasteiger partial charge in [0.15, 0.2) is 0 Å². The lowest BCUT2D eigenvalue weighted by molar-refractivity contribution is -0.130. The van der Waals surface area contributed by atoms with Gasteiger partial charge in [-0.3, -0.25) is 19.8 Å². The summed E-state index contributed by atoms with van der Waals surface area (Å²) in [5.74, 6) is -0.965. The molecule has 8 heteroatoms. The molecule has 1 N–H and O–H groups in total. The van der Waals surface area contributed by atoms with Gasteiger partial charge in [0.05, 0.1) is 12.8 Å². The molecule has 1 aliphatic rings. The predicted octanol–water partition coefficient (Wildman–Crippen LogP) is 4.00. The molecule has 4 rings (SSSR count). The Hall–Kier alpha value is -3.58. The first-order valence-corrected chi connectivity index (χ1v) is 9.59. The fraction of sp³-hybridized carbons (Fsp3) is 0.136. The van der Waals surface area contributed by atoms with Crippen molar-refractivity contribution in [2.45, 2.75) is 20.4 Å². The summed E-state index contributed by atoms with van der Waals surface area (Å²) in [7, 11) is 0. The molecule has 0 aliphatic carbocycles. The number of hydrogen-bond donors (Lipinski definition) is 1. The number of rotatable bonds is 4. The van der Waals surface area contributed by atoms with Gasteiger partial charge >= 0.3 is 6.03 Å². The Morgan fingerprint density at radius 2 is 1.90 bits per heavy atom. The summed E-state index contributed by atoms with van der Waals surface area (Å²) >= 11 is 6.12. The van der Waals surface area contributed by atoms with Crippen LogP contribution in [0.4, 0.5) is 4.79 Å². The standard InChI is InChI=1S/C22H18ClN3O4/c1-13-9-15(14(2)26(13)17-6-3-5-16(23)11-17)10-19-20(27)24-22(29)25(21(19)28)12-18-7-4-8-30-18/h3-11H,12H2,1-2H3,(H,24,27,29). The summed E-state index contributed by atoms with van der Waals surface area (Å²) in [5.41, 5.74) is 3.19. The zero-order chi connectivity index (χ0) is 21.4. The smallest absolute Gasteiger partial charge is 0.331 e. The molecule has 0 spiro atoms. The molecule has 0 unspecified atom stereocenters. The highest BCUT2D eigenvalue weighted by atomic mass is 35.5. The van der Waals surface area contributed by atoms with Crippen molar-refractivity contribution in [2.24, 2.45) is 0 Å². The molecule has 0 radical (unpaired) electrons. The second-order valence-electron chi connectivity index (χ2n) is 6.93. The molecule has 2 aromatic heterocycles. The van der Waals surface area contributed by atoms with Gasteiger partial charge in [0, 0.05) is 22.1 Å². The van der Waals surface area contributed by atoms with E-state index in [9.17, 15) is 14.4 Å². The van der Waals surface area contributed by atoms with E-state index in [4.69, 9.17) is 16.0 Å². The SMILES string of the molecule is Cc1cc(C=C2C(=O)NC(=O)N(Cc3ccco3)C2=O)c(C)n1-c1cccc(Cl)c1. The van der Waals surface area contributed by atoms with Crippen LogP contribution in [0, 0.1) is 13.8 Å². The number of imide groups is 2. The van der Waals surface area contributed by atoms with E-state index >= 15 is 0 Å². The second kappa shape index (κ2) is 7.68. The van der Waals surface area contributed by atoms with Crippen LogP contribution in [-0.4, -0.2) is 27.3 Å². The van der Waals surface area contributed by atoms with Crippen molar-refractivity contribution in [3.63, 3.8) is 0 Å². The number of aromatic nitrogens is 1. The topological polar surface area (TPSA) is 84.6 Å². The number of benzene rings is 1. The number of halogens is 1. The van der Waals surface area contributed by atoms with Crippen LogP contribution < -0.4 is 5.32 Å². The normalized spacial score (nSPS) is 15.8. The van der Waals surface area contributed by atoms with Crippen molar-refractivity contribution in [1.82, 2.24) is 14.8 Å². The van der Waals surface area contributed by atoms with Crippen molar-refractivity contribution < 1.29 is 18.8 Å². The highest BCUT2D eigenvalue weighted by Crippen LogP contribution is 2.26. The molecular weight excluding hydrogens is 406 g/mol. The van der Waals surface area contributed by atoms with Gasteiger partial charge in [-0.15, -0.1) is 0 Å². The first-order chi connectivity index (χ1) is 14.3. The lowest BCUT2D eigenvalue weighted by Crippen LogP contribution is -2.53. The summed E-state index contributed by atoms with van der Waals surface area (Å²) in [5, 5.41) is 2.82. The number of urea groups is 1. The van der Waals surface area contributed by atoms with E-state index in [-0.39, 0.29) is 12.1 Å². The fourth-order valence-electron chi connectivity index (χ4n) is 3.50. The van der Waals surface area contributed by atoms with Crippen LogP contribution in [0.25, 0.3) is 11.8 Å². The molecule has 7 nitrogen and oxygen atoms in total. The van der Waals surface area contributed by atoms with Gasteiger partial charge in [-0.25, -0.2) is 4.79 Å². The first-order valence-electron chi connectivity index (χ1n) is 9.21. The molecule has 1 aromatic carbocycles. The van der Waals surface area contributed by atoms with E-state index in [0.29, 0.717) is 16.3 Å². The van der Waals surface area contributed by atoms with Gasteiger partial charge in [0.1, 0.15) is 11.3 Å². The highest BCUT2D eigenvalue weighted by molar-refractivity contribution is 6.31. The lowest BCUT2D eigenvalue weighted by atomic mass is 10.1. The van der Waals surface area contributed by atoms with E-state index in [2.05, 4.69) is 5.32 Å². The number of amides is 4. The summed E-state index contributed by atoms with van der Waals surface area (Å²) in [4.78, 5) is 38.4. The Balaban J connectivity index is 1.71. The quantitative estimate of drug-likeness (QED) is 0.507. The molecule has 1 fully saturated rings. The van der Waals surface area contributed by atoms with Crippen LogP contribution >= 0.6 is 11.6 Å². The maximum Gasteiger partial charge on any atom is 0.331 e. The summed E-state index contributed by atoms with van der Waals surface area (Å²) in [6.07, 6.45) is 2.96. The zero-order valence-corrected chi connectivity index (χ0v) is 17.1. The van der Waals surface area contributed by atoms with Gasteiger partial charge in [-0.1, -0.05) is 17.7 Å². The third-order valence-corrected chi connectivity index (χ3v) is 5.15. The third-order valence-electron chi connectivity index (χ3n) is 4.92. The Kier molecular flexibility index (Phi) is 5.05. The molecule has 0 saturated carbocycles. The van der Waals surface area contributed by atoms with Crippen LogP contribution in [-0.2, 0) is 16.1 Å². The number of carbonyl (C=O) groups excluding carboxylic acids is 3. The van der Waals surface area contributed by atoms with Crippen molar-refractivity contribution in [3.8, 4) is 5.69 Å². The molecule has 3 heterocycles. The number of hydrogen-bond acceptors (Lipinski definition) is 4. The number of carbonyl (C=O) groups is 3. The molecular formula is C22H18ClN3O4. The van der Waals surface area contributed by atoms with Crippen LogP contribution in [0.1, 0.15) is 22.7 Å². The number of aryl methyl sites for hydroxylation is 1. The third kappa shape index (κ3) is 3.55. The van der Waals surface area contributed by atoms with Crippen LogP contribution in [0.5, 0.6) is 0 Å². The summed E-state index contributed by atoms with van der Waals surface area (Å²) in [6.45, 7) is 3.74. The minimum absolute atomic E-state index is 0.0657. The number of barbiturate groups is 1. The number of furan rings is 1. The Morgan fingerprint density at radius 3 is 2.60 bits per heavy atom. The van der Waals surface area contributed by atoms with Crippen molar-refractivity contribution in [1.29, 1.82) is 0 Å².